The van der Waals surface area contributed by atoms with Crippen LogP contribution in [-0.4, -0.2) is 42.3 Å². The summed E-state index contributed by atoms with van der Waals surface area (Å²) in [7, 11) is 1.52. The number of hydrogen-bond donors (Lipinski definition) is 1. The highest BCUT2D eigenvalue weighted by atomic mass is 16.2. The highest BCUT2D eigenvalue weighted by Crippen LogP contribution is 2.54. The maximum atomic E-state index is 13.6. The summed E-state index contributed by atoms with van der Waals surface area (Å²) in [6, 6.07) is 7.34. The highest BCUT2D eigenvalue weighted by molar-refractivity contribution is 6.16. The maximum Gasteiger partial charge on any atom is 0.253 e. The normalized spacial score (nSPS) is 32.0. The molecular weight excluding hydrogens is 342 g/mol. The molecule has 4 rings (SSSR count). The number of nitrogens with one attached hydrogen (secondary N) is 1. The number of carbonyl (C=O) groups is 3. The number of hydrogen-bond acceptors (Lipinski definition) is 4. The molecular formula is C21H25N3O3. The number of fused-ring (bicyclic) bond motifs is 4. The maximum absolute atomic E-state index is 13.6. The van der Waals surface area contributed by atoms with Crippen LogP contribution in [0.3, 0.4) is 0 Å². The molecule has 1 aromatic rings. The van der Waals surface area contributed by atoms with E-state index in [-0.39, 0.29) is 23.8 Å². The van der Waals surface area contributed by atoms with Gasteiger partial charge in [0.1, 0.15) is 5.54 Å². The molecule has 3 amide bonds. The zero-order valence-corrected chi connectivity index (χ0v) is 15.9. The molecule has 27 heavy (non-hydrogen) atoms. The fourth-order valence-corrected chi connectivity index (χ4v) is 5.11. The van der Waals surface area contributed by atoms with Gasteiger partial charge in [0.25, 0.3) is 5.91 Å². The molecule has 142 valence electrons. The Morgan fingerprint density at radius 3 is 2.59 bits per heavy atom. The second-order valence-corrected chi connectivity index (χ2v) is 8.15. The topological polar surface area (TPSA) is 69.7 Å². The van der Waals surface area contributed by atoms with E-state index in [4.69, 9.17) is 0 Å². The molecule has 4 atom stereocenters. The zero-order valence-electron chi connectivity index (χ0n) is 15.9. The minimum atomic E-state index is -1.18. The lowest BCUT2D eigenvalue weighted by Gasteiger charge is -2.30. The molecule has 6 heteroatoms. The van der Waals surface area contributed by atoms with Crippen molar-refractivity contribution in [3.63, 3.8) is 0 Å². The van der Waals surface area contributed by atoms with Crippen molar-refractivity contribution < 1.29 is 14.4 Å². The second-order valence-electron chi connectivity index (χ2n) is 8.15. The molecule has 1 N–H and O–H groups in total. The summed E-state index contributed by atoms with van der Waals surface area (Å²) in [6.45, 7) is 8.30. The number of anilines is 1. The molecule has 0 saturated carbocycles. The molecule has 0 aromatic heterocycles. The van der Waals surface area contributed by atoms with Gasteiger partial charge in [0.15, 0.2) is 0 Å². The Labute approximate surface area is 159 Å². The summed E-state index contributed by atoms with van der Waals surface area (Å²) >= 11 is 0. The predicted molar refractivity (Wildman–Crippen MR) is 102 cm³/mol. The summed E-state index contributed by atoms with van der Waals surface area (Å²) in [5, 5.41) is 3.48. The fraction of sp³-hybridized carbons (Fsp3) is 0.476. The van der Waals surface area contributed by atoms with Crippen LogP contribution in [0.5, 0.6) is 0 Å². The van der Waals surface area contributed by atoms with Crippen LogP contribution >= 0.6 is 0 Å². The van der Waals surface area contributed by atoms with Crippen LogP contribution in [0.1, 0.15) is 25.8 Å². The first kappa shape index (κ1) is 17.9. The fourth-order valence-electron chi connectivity index (χ4n) is 5.11. The van der Waals surface area contributed by atoms with Crippen LogP contribution in [-0.2, 0) is 19.9 Å². The first-order valence-corrected chi connectivity index (χ1v) is 9.46. The number of carbonyl (C=O) groups excluding carboxylic acids is 3. The molecule has 1 spiro atoms. The van der Waals surface area contributed by atoms with Crippen molar-refractivity contribution in [3.8, 4) is 0 Å². The quantitative estimate of drug-likeness (QED) is 0.649. The summed E-state index contributed by atoms with van der Waals surface area (Å²) in [5.41, 5.74) is 0.393. The van der Waals surface area contributed by atoms with Crippen molar-refractivity contribution in [1.82, 2.24) is 10.2 Å². The van der Waals surface area contributed by atoms with Crippen molar-refractivity contribution in [3.05, 3.63) is 42.5 Å². The lowest BCUT2D eigenvalue weighted by Crippen LogP contribution is -2.55. The predicted octanol–water partition coefficient (Wildman–Crippen LogP) is 1.66. The summed E-state index contributed by atoms with van der Waals surface area (Å²) < 4.78 is 0. The average Bonchev–Trinajstić information content (AvgIpc) is 3.17. The summed E-state index contributed by atoms with van der Waals surface area (Å²) in [5.74, 6) is -1.50. The molecule has 3 heterocycles. The lowest BCUT2D eigenvalue weighted by molar-refractivity contribution is -0.141. The van der Waals surface area contributed by atoms with E-state index in [1.54, 1.807) is 11.0 Å². The van der Waals surface area contributed by atoms with Gasteiger partial charge in [-0.2, -0.15) is 0 Å². The van der Waals surface area contributed by atoms with Gasteiger partial charge in [0.2, 0.25) is 11.8 Å². The molecule has 0 unspecified atom stereocenters. The SMILES string of the molecule is C=CCN1C(=O)[C@]2(N[C@H](CC(C)C)[C@H]3C(=O)N(C)C(=O)[C@@H]32)c2ccccc21. The number of rotatable bonds is 4. The Morgan fingerprint density at radius 2 is 1.93 bits per heavy atom. The first-order valence-electron chi connectivity index (χ1n) is 9.46. The summed E-state index contributed by atoms with van der Waals surface area (Å²) in [4.78, 5) is 42.5. The van der Waals surface area contributed by atoms with Crippen LogP contribution < -0.4 is 10.2 Å². The standard InChI is InChI=1S/C21H25N3O3/c1-5-10-24-15-9-7-6-8-13(15)21(20(24)27)17-16(14(22-21)11-12(2)3)18(25)23(4)19(17)26/h5-9,12,14,16-17,22H,1,10-11H2,2-4H3/t14-,16-,17-,21+/m1/s1. The monoisotopic (exact) mass is 367 g/mol. The molecule has 0 aliphatic carbocycles. The first-order chi connectivity index (χ1) is 12.8. The Balaban J connectivity index is 1.91. The van der Waals surface area contributed by atoms with E-state index in [1.807, 2.05) is 24.3 Å². The van der Waals surface area contributed by atoms with Gasteiger partial charge in [-0.15, -0.1) is 6.58 Å². The van der Waals surface area contributed by atoms with Crippen LogP contribution in [0.4, 0.5) is 5.69 Å². The van der Waals surface area contributed by atoms with Gasteiger partial charge in [-0.3, -0.25) is 24.6 Å². The Kier molecular flexibility index (Phi) is 4.00. The minimum absolute atomic E-state index is 0.165. The van der Waals surface area contributed by atoms with Crippen molar-refractivity contribution in [2.24, 2.45) is 17.8 Å². The summed E-state index contributed by atoms with van der Waals surface area (Å²) in [6.07, 6.45) is 2.41. The van der Waals surface area contributed by atoms with Crippen molar-refractivity contribution in [2.45, 2.75) is 31.8 Å². The second kappa shape index (κ2) is 6.02. The van der Waals surface area contributed by atoms with E-state index in [0.29, 0.717) is 12.5 Å². The number of para-hydroxylation sites is 1. The number of amides is 3. The third-order valence-electron chi connectivity index (χ3n) is 6.12. The number of benzene rings is 1. The van der Waals surface area contributed by atoms with Gasteiger partial charge < -0.3 is 4.90 Å². The molecule has 0 bridgehead atoms. The lowest BCUT2D eigenvalue weighted by atomic mass is 9.76. The van der Waals surface area contributed by atoms with E-state index >= 15 is 0 Å². The number of nitrogens with zero attached hydrogens (tertiary/aromatic N) is 2. The largest absolute Gasteiger partial charge is 0.306 e. The third-order valence-corrected chi connectivity index (χ3v) is 6.12. The number of imide groups is 1. The minimum Gasteiger partial charge on any atom is -0.306 e. The molecule has 3 aliphatic rings. The van der Waals surface area contributed by atoms with E-state index in [0.717, 1.165) is 17.7 Å². The van der Waals surface area contributed by atoms with Crippen LogP contribution in [0.15, 0.2) is 36.9 Å². The van der Waals surface area contributed by atoms with Crippen molar-refractivity contribution >= 4 is 23.4 Å². The van der Waals surface area contributed by atoms with Gasteiger partial charge in [-0.05, 0) is 18.4 Å². The smallest absolute Gasteiger partial charge is 0.253 e. The average molecular weight is 367 g/mol. The van der Waals surface area contributed by atoms with Crippen LogP contribution in [0.2, 0.25) is 0 Å². The number of likely N-dealkylation sites (tertiary alicyclic amines) is 1. The van der Waals surface area contributed by atoms with Crippen LogP contribution in [0, 0.1) is 17.8 Å². The van der Waals surface area contributed by atoms with Gasteiger partial charge in [0.05, 0.1) is 11.8 Å². The highest BCUT2D eigenvalue weighted by Gasteiger charge is 2.70. The Morgan fingerprint density at radius 1 is 1.22 bits per heavy atom. The van der Waals surface area contributed by atoms with Gasteiger partial charge in [-0.1, -0.05) is 38.1 Å². The Hall–Kier alpha value is -2.47. The van der Waals surface area contributed by atoms with Gasteiger partial charge in [-0.25, -0.2) is 0 Å². The third kappa shape index (κ3) is 2.19. The van der Waals surface area contributed by atoms with Crippen molar-refractivity contribution in [2.75, 3.05) is 18.5 Å². The zero-order chi connectivity index (χ0) is 19.5. The molecule has 6 nitrogen and oxygen atoms in total. The van der Waals surface area contributed by atoms with E-state index < -0.39 is 17.4 Å². The molecule has 2 fully saturated rings. The van der Waals surface area contributed by atoms with Crippen molar-refractivity contribution in [1.29, 1.82) is 0 Å². The Bertz CT molecular complexity index is 849. The van der Waals surface area contributed by atoms with E-state index in [9.17, 15) is 14.4 Å². The molecule has 0 radical (unpaired) electrons. The van der Waals surface area contributed by atoms with Gasteiger partial charge in [0, 0.05) is 30.9 Å². The van der Waals surface area contributed by atoms with Gasteiger partial charge >= 0.3 is 0 Å². The van der Waals surface area contributed by atoms with E-state index in [1.165, 1.54) is 11.9 Å². The molecule has 1 aromatic carbocycles. The molecule has 2 saturated heterocycles. The molecule has 3 aliphatic heterocycles. The van der Waals surface area contributed by atoms with E-state index in [2.05, 4.69) is 25.7 Å². The van der Waals surface area contributed by atoms with Crippen LogP contribution in [0.25, 0.3) is 0 Å².